The number of anilines is 2. The van der Waals surface area contributed by atoms with Gasteiger partial charge < -0.3 is 15.8 Å². The molecule has 2 aromatic rings. The first kappa shape index (κ1) is 12.6. The van der Waals surface area contributed by atoms with Crippen LogP contribution in [0, 0.1) is 0 Å². The summed E-state index contributed by atoms with van der Waals surface area (Å²) in [5.41, 5.74) is 6.22. The number of rotatable bonds is 3. The van der Waals surface area contributed by atoms with Crippen molar-refractivity contribution in [1.82, 2.24) is 14.8 Å². The minimum absolute atomic E-state index is 0.145. The molecular formula is C12H13F2N5O. The molecule has 1 aliphatic rings. The van der Waals surface area contributed by atoms with Crippen molar-refractivity contribution < 1.29 is 13.5 Å². The van der Waals surface area contributed by atoms with Crippen molar-refractivity contribution in [2.75, 3.05) is 17.6 Å². The van der Waals surface area contributed by atoms with Crippen LogP contribution < -0.4 is 15.8 Å². The smallest absolute Gasteiger partial charge is 0.387 e. The Hall–Kier alpha value is -2.38. The standard InChI is InChI=1S/C12H13F2N5O/c13-10(14)20-9-4-2-1-3-7(9)8-5-6-16-12-17-11(15)18-19(8)12/h1-4,8,10H,5-6H2,(H3,15,16,17,18). The Kier molecular flexibility index (Phi) is 3.13. The lowest BCUT2D eigenvalue weighted by Crippen LogP contribution is -2.25. The number of halogens is 2. The molecule has 0 saturated carbocycles. The van der Waals surface area contributed by atoms with E-state index in [9.17, 15) is 8.78 Å². The zero-order valence-electron chi connectivity index (χ0n) is 10.5. The maximum Gasteiger partial charge on any atom is 0.387 e. The Labute approximate surface area is 113 Å². The van der Waals surface area contributed by atoms with E-state index in [0.29, 0.717) is 24.5 Å². The van der Waals surface area contributed by atoms with Gasteiger partial charge in [0.15, 0.2) is 0 Å². The van der Waals surface area contributed by atoms with Crippen molar-refractivity contribution in [3.05, 3.63) is 29.8 Å². The third kappa shape index (κ3) is 2.24. The van der Waals surface area contributed by atoms with Gasteiger partial charge >= 0.3 is 6.61 Å². The van der Waals surface area contributed by atoms with Gasteiger partial charge in [-0.25, -0.2) is 4.68 Å². The van der Waals surface area contributed by atoms with E-state index in [1.807, 2.05) is 0 Å². The molecule has 0 bridgehead atoms. The van der Waals surface area contributed by atoms with Crippen LogP contribution in [0.1, 0.15) is 18.0 Å². The number of ether oxygens (including phenoxy) is 1. The first-order chi connectivity index (χ1) is 9.65. The second-order valence-electron chi connectivity index (χ2n) is 4.39. The Morgan fingerprint density at radius 1 is 1.40 bits per heavy atom. The van der Waals surface area contributed by atoms with E-state index in [0.717, 1.165) is 0 Å². The number of aromatic nitrogens is 3. The molecule has 1 unspecified atom stereocenters. The van der Waals surface area contributed by atoms with Crippen molar-refractivity contribution >= 4 is 11.9 Å². The van der Waals surface area contributed by atoms with Crippen molar-refractivity contribution in [2.24, 2.45) is 0 Å². The molecule has 0 amide bonds. The highest BCUT2D eigenvalue weighted by Gasteiger charge is 2.26. The van der Waals surface area contributed by atoms with E-state index in [-0.39, 0.29) is 17.7 Å². The van der Waals surface area contributed by atoms with E-state index in [1.54, 1.807) is 22.9 Å². The summed E-state index contributed by atoms with van der Waals surface area (Å²) < 4.78 is 31.1. The fraction of sp³-hybridized carbons (Fsp3) is 0.333. The molecule has 0 fully saturated rings. The van der Waals surface area contributed by atoms with Crippen molar-refractivity contribution in [1.29, 1.82) is 0 Å². The quantitative estimate of drug-likeness (QED) is 0.898. The summed E-state index contributed by atoms with van der Waals surface area (Å²) in [5.74, 6) is 0.826. The minimum atomic E-state index is -2.86. The number of fused-ring (bicyclic) bond motifs is 1. The van der Waals surface area contributed by atoms with Crippen LogP contribution in [0.2, 0.25) is 0 Å². The fourth-order valence-corrected chi connectivity index (χ4v) is 2.37. The SMILES string of the molecule is Nc1nc2n(n1)C(c1ccccc1OC(F)F)CCN2. The molecule has 20 heavy (non-hydrogen) atoms. The van der Waals surface area contributed by atoms with E-state index >= 15 is 0 Å². The third-order valence-electron chi connectivity index (χ3n) is 3.14. The lowest BCUT2D eigenvalue weighted by Gasteiger charge is -2.26. The Balaban J connectivity index is 2.02. The number of benzene rings is 1. The molecule has 1 aromatic carbocycles. The first-order valence-corrected chi connectivity index (χ1v) is 6.15. The molecule has 0 radical (unpaired) electrons. The summed E-state index contributed by atoms with van der Waals surface area (Å²) in [7, 11) is 0. The van der Waals surface area contributed by atoms with Gasteiger partial charge in [-0.3, -0.25) is 0 Å². The highest BCUT2D eigenvalue weighted by molar-refractivity contribution is 5.41. The summed E-state index contributed by atoms with van der Waals surface area (Å²) in [5, 5.41) is 7.17. The molecule has 3 N–H and O–H groups in total. The van der Waals surface area contributed by atoms with E-state index in [4.69, 9.17) is 5.73 Å². The molecular weight excluding hydrogens is 268 g/mol. The molecule has 3 rings (SSSR count). The molecule has 1 atom stereocenters. The molecule has 6 nitrogen and oxygen atoms in total. The van der Waals surface area contributed by atoms with Crippen LogP contribution in [0.4, 0.5) is 20.7 Å². The van der Waals surface area contributed by atoms with Gasteiger partial charge in [0, 0.05) is 12.1 Å². The third-order valence-corrected chi connectivity index (χ3v) is 3.14. The van der Waals surface area contributed by atoms with Crippen LogP contribution >= 0.6 is 0 Å². The molecule has 0 aliphatic carbocycles. The second-order valence-corrected chi connectivity index (χ2v) is 4.39. The van der Waals surface area contributed by atoms with Gasteiger partial charge in [0.2, 0.25) is 11.9 Å². The molecule has 0 saturated heterocycles. The van der Waals surface area contributed by atoms with Crippen LogP contribution in [-0.2, 0) is 0 Å². The average molecular weight is 281 g/mol. The lowest BCUT2D eigenvalue weighted by atomic mass is 10.0. The molecule has 1 aromatic heterocycles. The average Bonchev–Trinajstić information content (AvgIpc) is 2.79. The number of nitrogens with one attached hydrogen (secondary N) is 1. The van der Waals surface area contributed by atoms with Crippen LogP contribution in [0.25, 0.3) is 0 Å². The Bertz CT molecular complexity index is 616. The topological polar surface area (TPSA) is 78.0 Å². The van der Waals surface area contributed by atoms with Crippen LogP contribution in [0.3, 0.4) is 0 Å². The summed E-state index contributed by atoms with van der Waals surface area (Å²) >= 11 is 0. The maximum absolute atomic E-state index is 12.5. The largest absolute Gasteiger partial charge is 0.434 e. The molecule has 2 heterocycles. The number of nitrogen functional groups attached to an aromatic ring is 1. The number of nitrogens with two attached hydrogens (primary N) is 1. The van der Waals surface area contributed by atoms with Crippen molar-refractivity contribution in [3.8, 4) is 5.75 Å². The number of hydrogen-bond acceptors (Lipinski definition) is 5. The van der Waals surface area contributed by atoms with Gasteiger partial charge in [-0.05, 0) is 12.5 Å². The van der Waals surface area contributed by atoms with Gasteiger partial charge in [0.05, 0.1) is 6.04 Å². The van der Waals surface area contributed by atoms with Gasteiger partial charge in [-0.1, -0.05) is 18.2 Å². The maximum atomic E-state index is 12.5. The van der Waals surface area contributed by atoms with E-state index in [2.05, 4.69) is 20.1 Å². The molecule has 8 heteroatoms. The molecule has 0 spiro atoms. The predicted molar refractivity (Wildman–Crippen MR) is 68.8 cm³/mol. The highest BCUT2D eigenvalue weighted by atomic mass is 19.3. The lowest BCUT2D eigenvalue weighted by molar-refractivity contribution is -0.0507. The van der Waals surface area contributed by atoms with Crippen LogP contribution in [0.5, 0.6) is 5.75 Å². The van der Waals surface area contributed by atoms with Gasteiger partial charge in [0.1, 0.15) is 5.75 Å². The van der Waals surface area contributed by atoms with Gasteiger partial charge in [-0.2, -0.15) is 13.8 Å². The Morgan fingerprint density at radius 2 is 2.20 bits per heavy atom. The highest BCUT2D eigenvalue weighted by Crippen LogP contribution is 2.34. The van der Waals surface area contributed by atoms with E-state index < -0.39 is 6.61 Å². The van der Waals surface area contributed by atoms with Gasteiger partial charge in [0.25, 0.3) is 0 Å². The number of hydrogen-bond donors (Lipinski definition) is 2. The monoisotopic (exact) mass is 281 g/mol. The first-order valence-electron chi connectivity index (χ1n) is 6.15. The van der Waals surface area contributed by atoms with E-state index in [1.165, 1.54) is 6.07 Å². The normalized spacial score (nSPS) is 17.6. The Morgan fingerprint density at radius 3 is 3.00 bits per heavy atom. The number of nitrogens with zero attached hydrogens (tertiary/aromatic N) is 3. The van der Waals surface area contributed by atoms with Crippen molar-refractivity contribution in [3.63, 3.8) is 0 Å². The molecule has 1 aliphatic heterocycles. The van der Waals surface area contributed by atoms with Crippen molar-refractivity contribution in [2.45, 2.75) is 19.1 Å². The summed E-state index contributed by atoms with van der Waals surface area (Å²) in [6.45, 7) is -2.20. The second kappa shape index (κ2) is 4.95. The zero-order valence-corrected chi connectivity index (χ0v) is 10.5. The number of para-hydroxylation sites is 1. The summed E-state index contributed by atoms with van der Waals surface area (Å²) in [6.07, 6.45) is 0.680. The fourth-order valence-electron chi connectivity index (χ4n) is 2.37. The van der Waals surface area contributed by atoms with Crippen LogP contribution in [0.15, 0.2) is 24.3 Å². The van der Waals surface area contributed by atoms with Crippen LogP contribution in [-0.4, -0.2) is 27.9 Å². The molecule has 106 valence electrons. The zero-order chi connectivity index (χ0) is 14.1. The number of alkyl halides is 2. The minimum Gasteiger partial charge on any atom is -0.434 e. The summed E-state index contributed by atoms with van der Waals surface area (Å²) in [6, 6.07) is 6.46. The summed E-state index contributed by atoms with van der Waals surface area (Å²) in [4.78, 5) is 4.05. The predicted octanol–water partition coefficient (Wildman–Crippen LogP) is 1.87. The van der Waals surface area contributed by atoms with Gasteiger partial charge in [-0.15, -0.1) is 5.10 Å².